The molecular formula is C13H8Cl3NO2. The van der Waals surface area contributed by atoms with Crippen LogP contribution >= 0.6 is 34.8 Å². The first-order valence-electron chi connectivity index (χ1n) is 5.21. The van der Waals surface area contributed by atoms with Crippen molar-refractivity contribution < 1.29 is 9.53 Å². The van der Waals surface area contributed by atoms with E-state index in [1.807, 2.05) is 0 Å². The van der Waals surface area contributed by atoms with Gasteiger partial charge in [-0.3, -0.25) is 4.98 Å². The van der Waals surface area contributed by atoms with Crippen LogP contribution in [0.3, 0.4) is 0 Å². The van der Waals surface area contributed by atoms with Crippen molar-refractivity contribution in [1.82, 2.24) is 4.98 Å². The first kappa shape index (κ1) is 14.1. The monoisotopic (exact) mass is 315 g/mol. The molecule has 2 rings (SSSR count). The van der Waals surface area contributed by atoms with Crippen LogP contribution in [0.5, 0.6) is 0 Å². The largest absolute Gasteiger partial charge is 0.465 e. The summed E-state index contributed by atoms with van der Waals surface area (Å²) < 4.78 is 4.60. The Morgan fingerprint density at radius 2 is 1.74 bits per heavy atom. The van der Waals surface area contributed by atoms with Gasteiger partial charge in [-0.1, -0.05) is 34.8 Å². The maximum atomic E-state index is 11.4. The van der Waals surface area contributed by atoms with Gasteiger partial charge in [0, 0.05) is 21.8 Å². The molecule has 0 aliphatic carbocycles. The van der Waals surface area contributed by atoms with Gasteiger partial charge in [-0.05, 0) is 24.3 Å². The van der Waals surface area contributed by atoms with E-state index in [2.05, 4.69) is 9.72 Å². The fourth-order valence-corrected chi connectivity index (χ4v) is 2.37. The molecule has 0 aliphatic rings. The fraction of sp³-hybridized carbons (Fsp3) is 0.0769. The maximum absolute atomic E-state index is 11.4. The molecule has 0 spiro atoms. The first-order chi connectivity index (χ1) is 9.01. The number of methoxy groups -OCH3 is 1. The molecular weight excluding hydrogens is 309 g/mol. The lowest BCUT2D eigenvalue weighted by Crippen LogP contribution is -2.02. The zero-order valence-corrected chi connectivity index (χ0v) is 12.1. The van der Waals surface area contributed by atoms with Crippen LogP contribution < -0.4 is 0 Å². The highest BCUT2D eigenvalue weighted by atomic mass is 35.5. The average molecular weight is 317 g/mol. The number of hydrogen-bond acceptors (Lipinski definition) is 3. The summed E-state index contributed by atoms with van der Waals surface area (Å²) in [5.41, 5.74) is 1.46. The number of esters is 1. The van der Waals surface area contributed by atoms with E-state index in [4.69, 9.17) is 34.8 Å². The van der Waals surface area contributed by atoms with Gasteiger partial charge in [0.05, 0.1) is 23.4 Å². The van der Waals surface area contributed by atoms with Crippen LogP contribution in [0.4, 0.5) is 0 Å². The number of carbonyl (C=O) groups is 1. The molecule has 1 aromatic heterocycles. The number of pyridine rings is 1. The molecule has 19 heavy (non-hydrogen) atoms. The number of rotatable bonds is 2. The summed E-state index contributed by atoms with van der Waals surface area (Å²) in [5.74, 6) is -0.495. The van der Waals surface area contributed by atoms with Crippen LogP contribution in [0.15, 0.2) is 30.5 Å². The highest BCUT2D eigenvalue weighted by molar-refractivity contribution is 6.36. The van der Waals surface area contributed by atoms with Crippen LogP contribution in [0.2, 0.25) is 15.1 Å². The molecule has 3 nitrogen and oxygen atoms in total. The molecule has 98 valence electrons. The topological polar surface area (TPSA) is 39.2 Å². The van der Waals surface area contributed by atoms with E-state index in [9.17, 15) is 4.79 Å². The lowest BCUT2D eigenvalue weighted by Gasteiger charge is -2.06. The SMILES string of the molecule is COC(=O)c1cnc(-c2cc(Cl)cc(Cl)c2)c(Cl)c1. The molecule has 0 bridgehead atoms. The first-order valence-corrected chi connectivity index (χ1v) is 6.35. The van der Waals surface area contributed by atoms with Gasteiger partial charge in [0.2, 0.25) is 0 Å². The van der Waals surface area contributed by atoms with E-state index in [-0.39, 0.29) is 5.56 Å². The summed E-state index contributed by atoms with van der Waals surface area (Å²) >= 11 is 18.0. The lowest BCUT2D eigenvalue weighted by molar-refractivity contribution is 0.0600. The van der Waals surface area contributed by atoms with Gasteiger partial charge in [-0.2, -0.15) is 0 Å². The standard InChI is InChI=1S/C13H8Cl3NO2/c1-19-13(18)8-4-11(16)12(17-6-8)7-2-9(14)5-10(15)3-7/h2-6H,1H3. The highest BCUT2D eigenvalue weighted by Crippen LogP contribution is 2.31. The molecule has 0 radical (unpaired) electrons. The van der Waals surface area contributed by atoms with Gasteiger partial charge in [0.25, 0.3) is 0 Å². The zero-order valence-electron chi connectivity index (χ0n) is 9.78. The Morgan fingerprint density at radius 3 is 2.26 bits per heavy atom. The zero-order chi connectivity index (χ0) is 14.0. The van der Waals surface area contributed by atoms with E-state index >= 15 is 0 Å². The smallest absolute Gasteiger partial charge is 0.339 e. The predicted molar refractivity (Wildman–Crippen MR) is 76.0 cm³/mol. The van der Waals surface area contributed by atoms with Crippen molar-refractivity contribution >= 4 is 40.8 Å². The van der Waals surface area contributed by atoms with Crippen LogP contribution in [0.25, 0.3) is 11.3 Å². The Kier molecular flexibility index (Phi) is 4.30. The maximum Gasteiger partial charge on any atom is 0.339 e. The molecule has 0 fully saturated rings. The minimum absolute atomic E-state index is 0.282. The van der Waals surface area contributed by atoms with E-state index in [0.717, 1.165) is 0 Å². The second kappa shape index (κ2) is 5.78. The van der Waals surface area contributed by atoms with E-state index in [1.165, 1.54) is 19.4 Å². The normalized spacial score (nSPS) is 10.3. The van der Waals surface area contributed by atoms with E-state index in [0.29, 0.717) is 26.3 Å². The summed E-state index contributed by atoms with van der Waals surface area (Å²) in [4.78, 5) is 15.5. The molecule has 0 amide bonds. The molecule has 6 heteroatoms. The lowest BCUT2D eigenvalue weighted by atomic mass is 10.1. The number of hydrogen-bond donors (Lipinski definition) is 0. The van der Waals surface area contributed by atoms with Crippen molar-refractivity contribution in [3.63, 3.8) is 0 Å². The number of ether oxygens (including phenoxy) is 1. The summed E-state index contributed by atoms with van der Waals surface area (Å²) in [7, 11) is 1.29. The highest BCUT2D eigenvalue weighted by Gasteiger charge is 2.12. The van der Waals surface area contributed by atoms with E-state index < -0.39 is 5.97 Å². The van der Waals surface area contributed by atoms with Gasteiger partial charge in [0.1, 0.15) is 0 Å². The molecule has 0 atom stereocenters. The van der Waals surface area contributed by atoms with Crippen LogP contribution in [0, 0.1) is 0 Å². The van der Waals surface area contributed by atoms with Crippen molar-refractivity contribution in [1.29, 1.82) is 0 Å². The summed E-state index contributed by atoms with van der Waals surface area (Å²) in [6, 6.07) is 6.49. The minimum atomic E-state index is -0.495. The second-order valence-electron chi connectivity index (χ2n) is 3.70. The molecule has 0 saturated carbocycles. The third-order valence-electron chi connectivity index (χ3n) is 2.40. The Hall–Kier alpha value is -1.29. The Labute approximate surface area is 125 Å². The Bertz CT molecular complexity index is 624. The summed E-state index contributed by atoms with van der Waals surface area (Å²) in [6.07, 6.45) is 1.39. The van der Waals surface area contributed by atoms with Gasteiger partial charge in [-0.15, -0.1) is 0 Å². The molecule has 1 heterocycles. The number of aromatic nitrogens is 1. The third kappa shape index (κ3) is 3.18. The van der Waals surface area contributed by atoms with Crippen LogP contribution in [0.1, 0.15) is 10.4 Å². The number of halogens is 3. The molecule has 0 unspecified atom stereocenters. The molecule has 2 aromatic rings. The van der Waals surface area contributed by atoms with Crippen LogP contribution in [-0.4, -0.2) is 18.1 Å². The molecule has 0 N–H and O–H groups in total. The fourth-order valence-electron chi connectivity index (χ4n) is 1.57. The third-order valence-corrected chi connectivity index (χ3v) is 3.12. The van der Waals surface area contributed by atoms with E-state index in [1.54, 1.807) is 18.2 Å². The number of carbonyl (C=O) groups excluding carboxylic acids is 1. The number of nitrogens with zero attached hydrogens (tertiary/aromatic N) is 1. The van der Waals surface area contributed by atoms with Crippen molar-refractivity contribution in [2.45, 2.75) is 0 Å². The van der Waals surface area contributed by atoms with Gasteiger partial charge < -0.3 is 4.74 Å². The van der Waals surface area contributed by atoms with Gasteiger partial charge >= 0.3 is 5.97 Å². The Balaban J connectivity index is 2.49. The van der Waals surface area contributed by atoms with Gasteiger partial charge in [-0.25, -0.2) is 4.79 Å². The summed E-state index contributed by atoms with van der Waals surface area (Å²) in [5, 5.41) is 1.29. The molecule has 0 aliphatic heterocycles. The average Bonchev–Trinajstić information content (AvgIpc) is 2.36. The summed E-state index contributed by atoms with van der Waals surface area (Å²) in [6.45, 7) is 0. The minimum Gasteiger partial charge on any atom is -0.465 e. The Morgan fingerprint density at radius 1 is 1.11 bits per heavy atom. The quantitative estimate of drug-likeness (QED) is 0.766. The van der Waals surface area contributed by atoms with Crippen molar-refractivity contribution in [2.24, 2.45) is 0 Å². The molecule has 1 aromatic carbocycles. The number of benzene rings is 1. The van der Waals surface area contributed by atoms with Crippen molar-refractivity contribution in [3.8, 4) is 11.3 Å². The molecule has 0 saturated heterocycles. The second-order valence-corrected chi connectivity index (χ2v) is 4.98. The van der Waals surface area contributed by atoms with Crippen molar-refractivity contribution in [2.75, 3.05) is 7.11 Å². The van der Waals surface area contributed by atoms with Crippen molar-refractivity contribution in [3.05, 3.63) is 51.1 Å². The van der Waals surface area contributed by atoms with Gasteiger partial charge in [0.15, 0.2) is 0 Å². The predicted octanol–water partition coefficient (Wildman–Crippen LogP) is 4.50. The van der Waals surface area contributed by atoms with Crippen LogP contribution in [-0.2, 0) is 4.74 Å².